The topological polar surface area (TPSA) is 41.6 Å². The monoisotopic (exact) mass is 290 g/mol. The van der Waals surface area contributed by atoms with Gasteiger partial charge in [0.25, 0.3) is 0 Å². The van der Waals surface area contributed by atoms with E-state index in [0.29, 0.717) is 13.0 Å². The van der Waals surface area contributed by atoms with Crippen molar-refractivity contribution in [3.8, 4) is 5.75 Å². The van der Waals surface area contributed by atoms with E-state index < -0.39 is 0 Å². The number of hydrogen-bond acceptors (Lipinski definition) is 3. The van der Waals surface area contributed by atoms with E-state index >= 15 is 0 Å². The highest BCUT2D eigenvalue weighted by Crippen LogP contribution is 2.24. The number of carbonyl (C=O) groups is 1. The normalized spacial score (nSPS) is 16.6. The minimum absolute atomic E-state index is 0.176. The first-order valence-corrected chi connectivity index (χ1v) is 7.86. The maximum Gasteiger partial charge on any atom is 0.223 e. The Labute approximate surface area is 127 Å². The molecule has 1 amide bonds. The molecule has 4 heteroatoms. The van der Waals surface area contributed by atoms with Gasteiger partial charge in [-0.25, -0.2) is 0 Å². The molecule has 1 heterocycles. The number of methoxy groups -OCH3 is 1. The lowest BCUT2D eigenvalue weighted by atomic mass is 10.1. The molecule has 0 aromatic heterocycles. The van der Waals surface area contributed by atoms with E-state index in [4.69, 9.17) is 4.74 Å². The van der Waals surface area contributed by atoms with Gasteiger partial charge < -0.3 is 15.0 Å². The molecule has 21 heavy (non-hydrogen) atoms. The van der Waals surface area contributed by atoms with E-state index in [2.05, 4.69) is 18.3 Å². The molecular formula is C17H26N2O2. The molecule has 1 unspecified atom stereocenters. The van der Waals surface area contributed by atoms with Crippen molar-refractivity contribution in [2.45, 2.75) is 38.6 Å². The summed E-state index contributed by atoms with van der Waals surface area (Å²) < 4.78 is 5.37. The number of piperidine rings is 1. The molecule has 1 aliphatic heterocycles. The Morgan fingerprint density at radius 2 is 2.00 bits per heavy atom. The van der Waals surface area contributed by atoms with Crippen LogP contribution in [0.2, 0.25) is 0 Å². The summed E-state index contributed by atoms with van der Waals surface area (Å²) in [4.78, 5) is 14.1. The van der Waals surface area contributed by atoms with Gasteiger partial charge in [0, 0.05) is 37.7 Å². The van der Waals surface area contributed by atoms with Crippen molar-refractivity contribution in [1.82, 2.24) is 10.2 Å². The lowest BCUT2D eigenvalue weighted by molar-refractivity contribution is -0.132. The molecule has 1 aromatic carbocycles. The maximum atomic E-state index is 12.1. The van der Waals surface area contributed by atoms with Crippen molar-refractivity contribution in [2.24, 2.45) is 0 Å². The fourth-order valence-corrected chi connectivity index (χ4v) is 2.83. The Bertz CT molecular complexity index is 456. The SMILES string of the molecule is COc1ccccc1C(C)NCCC(=O)N1CCCCC1. The summed E-state index contributed by atoms with van der Waals surface area (Å²) in [7, 11) is 1.69. The number of rotatable bonds is 6. The number of nitrogens with zero attached hydrogens (tertiary/aromatic N) is 1. The molecule has 1 N–H and O–H groups in total. The van der Waals surface area contributed by atoms with E-state index in [1.807, 2.05) is 23.1 Å². The first kappa shape index (κ1) is 15.8. The van der Waals surface area contributed by atoms with Gasteiger partial charge in [-0.2, -0.15) is 0 Å². The van der Waals surface area contributed by atoms with Gasteiger partial charge in [-0.3, -0.25) is 4.79 Å². The zero-order chi connectivity index (χ0) is 15.1. The second kappa shape index (κ2) is 8.03. The van der Waals surface area contributed by atoms with Crippen molar-refractivity contribution < 1.29 is 9.53 Å². The van der Waals surface area contributed by atoms with E-state index in [1.54, 1.807) is 7.11 Å². The van der Waals surface area contributed by atoms with E-state index in [-0.39, 0.29) is 11.9 Å². The van der Waals surface area contributed by atoms with E-state index in [9.17, 15) is 4.79 Å². The van der Waals surface area contributed by atoms with Crippen molar-refractivity contribution >= 4 is 5.91 Å². The second-order valence-electron chi connectivity index (χ2n) is 5.61. The van der Waals surface area contributed by atoms with Gasteiger partial charge in [-0.15, -0.1) is 0 Å². The Balaban J connectivity index is 1.78. The Kier molecular flexibility index (Phi) is 6.05. The van der Waals surface area contributed by atoms with Crippen LogP contribution in [0.3, 0.4) is 0 Å². The highest BCUT2D eigenvalue weighted by Gasteiger charge is 2.16. The predicted octanol–water partition coefficient (Wildman–Crippen LogP) is 2.75. The molecule has 1 aliphatic rings. The minimum atomic E-state index is 0.176. The lowest BCUT2D eigenvalue weighted by Gasteiger charge is -2.27. The summed E-state index contributed by atoms with van der Waals surface area (Å²) in [5.41, 5.74) is 1.13. The van der Waals surface area contributed by atoms with Crippen LogP contribution in [0, 0.1) is 0 Å². The lowest BCUT2D eigenvalue weighted by Crippen LogP contribution is -2.37. The summed E-state index contributed by atoms with van der Waals surface area (Å²) >= 11 is 0. The first-order chi connectivity index (χ1) is 10.2. The third kappa shape index (κ3) is 4.46. The Morgan fingerprint density at radius 3 is 2.71 bits per heavy atom. The molecule has 2 rings (SSSR count). The molecule has 0 spiro atoms. The number of ether oxygens (including phenoxy) is 1. The van der Waals surface area contributed by atoms with Crippen LogP contribution in [-0.4, -0.2) is 37.6 Å². The molecule has 1 fully saturated rings. The zero-order valence-corrected chi connectivity index (χ0v) is 13.1. The number of likely N-dealkylation sites (tertiary alicyclic amines) is 1. The fourth-order valence-electron chi connectivity index (χ4n) is 2.83. The van der Waals surface area contributed by atoms with Crippen molar-refractivity contribution in [3.63, 3.8) is 0 Å². The number of amides is 1. The average Bonchev–Trinajstić information content (AvgIpc) is 2.55. The number of hydrogen-bond donors (Lipinski definition) is 1. The number of carbonyl (C=O) groups excluding carboxylic acids is 1. The largest absolute Gasteiger partial charge is 0.496 e. The minimum Gasteiger partial charge on any atom is -0.496 e. The Morgan fingerprint density at radius 1 is 1.29 bits per heavy atom. The number of nitrogens with one attached hydrogen (secondary N) is 1. The quantitative estimate of drug-likeness (QED) is 0.876. The highest BCUT2D eigenvalue weighted by atomic mass is 16.5. The fraction of sp³-hybridized carbons (Fsp3) is 0.588. The summed E-state index contributed by atoms with van der Waals surface area (Å²) in [5, 5.41) is 3.42. The average molecular weight is 290 g/mol. The summed E-state index contributed by atoms with van der Waals surface area (Å²) in [6.07, 6.45) is 4.12. The predicted molar refractivity (Wildman–Crippen MR) is 84.5 cm³/mol. The van der Waals surface area contributed by atoms with E-state index in [0.717, 1.165) is 37.2 Å². The zero-order valence-electron chi connectivity index (χ0n) is 13.1. The van der Waals surface area contributed by atoms with Gasteiger partial charge in [-0.1, -0.05) is 18.2 Å². The van der Waals surface area contributed by atoms with Crippen LogP contribution < -0.4 is 10.1 Å². The van der Waals surface area contributed by atoms with Gasteiger partial charge in [0.05, 0.1) is 7.11 Å². The summed E-state index contributed by atoms with van der Waals surface area (Å²) in [5.74, 6) is 1.16. The number of benzene rings is 1. The third-order valence-corrected chi connectivity index (χ3v) is 4.10. The summed E-state index contributed by atoms with van der Waals surface area (Å²) in [6.45, 7) is 4.67. The van der Waals surface area contributed by atoms with Gasteiger partial charge in [0.15, 0.2) is 0 Å². The standard InChI is InChI=1S/C17H26N2O2/c1-14(15-8-4-5-9-16(15)21-2)18-11-10-17(20)19-12-6-3-7-13-19/h4-5,8-9,14,18H,3,6-7,10-13H2,1-2H3. The molecule has 1 aromatic rings. The molecule has 116 valence electrons. The van der Waals surface area contributed by atoms with Crippen molar-refractivity contribution in [2.75, 3.05) is 26.7 Å². The van der Waals surface area contributed by atoms with Crippen LogP contribution in [0.1, 0.15) is 44.2 Å². The molecule has 0 bridgehead atoms. The molecule has 0 saturated carbocycles. The van der Waals surface area contributed by atoms with Gasteiger partial charge in [-0.05, 0) is 32.3 Å². The third-order valence-electron chi connectivity index (χ3n) is 4.10. The second-order valence-corrected chi connectivity index (χ2v) is 5.61. The smallest absolute Gasteiger partial charge is 0.223 e. The molecule has 0 radical (unpaired) electrons. The van der Waals surface area contributed by atoms with Crippen LogP contribution >= 0.6 is 0 Å². The summed E-state index contributed by atoms with van der Waals surface area (Å²) in [6, 6.07) is 8.18. The van der Waals surface area contributed by atoms with Crippen LogP contribution in [0.4, 0.5) is 0 Å². The van der Waals surface area contributed by atoms with Crippen molar-refractivity contribution in [3.05, 3.63) is 29.8 Å². The van der Waals surface area contributed by atoms with Crippen LogP contribution in [0.5, 0.6) is 5.75 Å². The Hall–Kier alpha value is -1.55. The van der Waals surface area contributed by atoms with Crippen LogP contribution in [0.15, 0.2) is 24.3 Å². The van der Waals surface area contributed by atoms with Gasteiger partial charge in [0.2, 0.25) is 5.91 Å². The van der Waals surface area contributed by atoms with Gasteiger partial charge >= 0.3 is 0 Å². The van der Waals surface area contributed by atoms with Crippen molar-refractivity contribution in [1.29, 1.82) is 0 Å². The molecule has 1 atom stereocenters. The molecule has 1 saturated heterocycles. The van der Waals surface area contributed by atoms with Gasteiger partial charge in [0.1, 0.15) is 5.75 Å². The van der Waals surface area contributed by atoms with Crippen LogP contribution in [0.25, 0.3) is 0 Å². The molecule has 4 nitrogen and oxygen atoms in total. The van der Waals surface area contributed by atoms with Crippen LogP contribution in [-0.2, 0) is 4.79 Å². The molecular weight excluding hydrogens is 264 g/mol. The first-order valence-electron chi connectivity index (χ1n) is 7.86. The molecule has 0 aliphatic carbocycles. The van der Waals surface area contributed by atoms with E-state index in [1.165, 1.54) is 6.42 Å². The maximum absolute atomic E-state index is 12.1. The number of para-hydroxylation sites is 1. The highest BCUT2D eigenvalue weighted by molar-refractivity contribution is 5.76.